The number of carbonyl (C=O) groups excluding carboxylic acids is 1. The van der Waals surface area contributed by atoms with Crippen molar-refractivity contribution in [2.75, 3.05) is 23.7 Å². The summed E-state index contributed by atoms with van der Waals surface area (Å²) in [5.74, 6) is -1.70. The molecule has 0 spiro atoms. The van der Waals surface area contributed by atoms with Gasteiger partial charge in [0.25, 0.3) is 0 Å². The minimum absolute atomic E-state index is 0.0113. The van der Waals surface area contributed by atoms with Crippen molar-refractivity contribution in [2.45, 2.75) is 60.2 Å². The minimum atomic E-state index is -0.841. The van der Waals surface area contributed by atoms with Crippen LogP contribution in [0, 0.1) is 28.9 Å². The molecule has 4 rings (SSSR count). The molecular weight excluding hydrogens is 580 g/mol. The number of nitrogens with one attached hydrogen (secondary N) is 1. The standard InChI is InChI=1S/C32H39F2N9O2/c1-8-26(44)43-19(6)13-41(14-20(43)7)30-21-12-23(34)28(27-22(33)10-9-11-24(27)35)39-31(21)42(32(45)40-30)15-25(17(2)3)37-16-38-29(36)18(4)5/h8-12,16-20,36H,1,13-15,35H2,2-7H3/b36-29?,37-25+,38-16-/t19-,20+. The van der Waals surface area contributed by atoms with Gasteiger partial charge in [-0.15, -0.1) is 0 Å². The van der Waals surface area contributed by atoms with Gasteiger partial charge in [0.05, 0.1) is 17.5 Å². The lowest BCUT2D eigenvalue weighted by atomic mass is 10.1. The summed E-state index contributed by atoms with van der Waals surface area (Å²) in [7, 11) is 0. The zero-order chi connectivity index (χ0) is 33.2. The van der Waals surface area contributed by atoms with Crippen LogP contribution >= 0.6 is 0 Å². The number of nitrogen functional groups attached to an aromatic ring is 1. The Hall–Kier alpha value is -4.81. The number of carbonyl (C=O) groups is 1. The second-order valence-electron chi connectivity index (χ2n) is 11.8. The van der Waals surface area contributed by atoms with Crippen molar-refractivity contribution in [3.05, 3.63) is 59.0 Å². The van der Waals surface area contributed by atoms with E-state index in [1.165, 1.54) is 35.2 Å². The van der Waals surface area contributed by atoms with Crippen LogP contribution in [0.1, 0.15) is 41.5 Å². The van der Waals surface area contributed by atoms with Crippen LogP contribution in [0.4, 0.5) is 20.3 Å². The number of amides is 1. The highest BCUT2D eigenvalue weighted by atomic mass is 19.1. The second-order valence-corrected chi connectivity index (χ2v) is 11.8. The smallest absolute Gasteiger partial charge is 0.351 e. The number of nitrogens with zero attached hydrogens (tertiary/aromatic N) is 7. The van der Waals surface area contributed by atoms with E-state index in [1.807, 2.05) is 46.4 Å². The molecular formula is C32H39F2N9O2. The zero-order valence-corrected chi connectivity index (χ0v) is 26.4. The molecule has 0 radical (unpaired) electrons. The molecule has 238 valence electrons. The topological polar surface area (TPSA) is 146 Å². The van der Waals surface area contributed by atoms with Crippen molar-refractivity contribution < 1.29 is 13.6 Å². The number of anilines is 2. The summed E-state index contributed by atoms with van der Waals surface area (Å²) >= 11 is 0. The number of aromatic nitrogens is 3. The highest BCUT2D eigenvalue weighted by molar-refractivity contribution is 5.97. The summed E-state index contributed by atoms with van der Waals surface area (Å²) in [6, 6.07) is 4.67. The van der Waals surface area contributed by atoms with Gasteiger partial charge in [-0.2, -0.15) is 4.98 Å². The van der Waals surface area contributed by atoms with Gasteiger partial charge >= 0.3 is 5.69 Å². The van der Waals surface area contributed by atoms with Gasteiger partial charge in [-0.3, -0.25) is 14.8 Å². The number of pyridine rings is 1. The van der Waals surface area contributed by atoms with Crippen LogP contribution in [0.15, 0.2) is 51.7 Å². The lowest BCUT2D eigenvalue weighted by Gasteiger charge is -2.44. The van der Waals surface area contributed by atoms with E-state index in [2.05, 4.69) is 26.5 Å². The van der Waals surface area contributed by atoms with Crippen molar-refractivity contribution in [1.82, 2.24) is 19.4 Å². The lowest BCUT2D eigenvalue weighted by molar-refractivity contribution is -0.130. The van der Waals surface area contributed by atoms with E-state index in [-0.39, 0.29) is 76.0 Å². The maximum atomic E-state index is 15.9. The fourth-order valence-corrected chi connectivity index (χ4v) is 5.39. The molecule has 2 atom stereocenters. The average molecular weight is 620 g/mol. The van der Waals surface area contributed by atoms with Gasteiger partial charge in [-0.25, -0.2) is 28.5 Å². The Labute approximate surface area is 260 Å². The summed E-state index contributed by atoms with van der Waals surface area (Å²) in [4.78, 5) is 47.2. The predicted molar refractivity (Wildman–Crippen MR) is 175 cm³/mol. The molecule has 1 aliphatic heterocycles. The monoisotopic (exact) mass is 619 g/mol. The van der Waals surface area contributed by atoms with E-state index in [4.69, 9.17) is 11.1 Å². The number of hydrogen-bond acceptors (Lipinski definition) is 7. The van der Waals surface area contributed by atoms with Crippen LogP contribution in [-0.4, -0.2) is 68.4 Å². The molecule has 1 fully saturated rings. The third-order valence-corrected chi connectivity index (χ3v) is 7.77. The number of fused-ring (bicyclic) bond motifs is 1. The molecule has 0 aliphatic carbocycles. The summed E-state index contributed by atoms with van der Waals surface area (Å²) in [5, 5.41) is 8.19. The van der Waals surface area contributed by atoms with Crippen molar-refractivity contribution in [1.29, 1.82) is 5.41 Å². The lowest BCUT2D eigenvalue weighted by Crippen LogP contribution is -2.58. The van der Waals surface area contributed by atoms with Crippen LogP contribution in [0.5, 0.6) is 0 Å². The highest BCUT2D eigenvalue weighted by Crippen LogP contribution is 2.34. The number of aliphatic imine (C=N–C) groups is 2. The summed E-state index contributed by atoms with van der Waals surface area (Å²) in [5.41, 5.74) is 5.41. The Morgan fingerprint density at radius 2 is 1.80 bits per heavy atom. The number of amidine groups is 1. The molecule has 2 aromatic heterocycles. The van der Waals surface area contributed by atoms with Crippen LogP contribution < -0.4 is 16.3 Å². The predicted octanol–water partition coefficient (Wildman–Crippen LogP) is 4.69. The fourth-order valence-electron chi connectivity index (χ4n) is 5.39. The molecule has 13 heteroatoms. The van der Waals surface area contributed by atoms with E-state index in [1.54, 1.807) is 4.90 Å². The van der Waals surface area contributed by atoms with Crippen molar-refractivity contribution >= 4 is 46.3 Å². The Balaban J connectivity index is 1.94. The molecule has 1 aliphatic rings. The number of piperazine rings is 1. The van der Waals surface area contributed by atoms with E-state index in [0.717, 1.165) is 6.07 Å². The van der Waals surface area contributed by atoms with E-state index in [9.17, 15) is 14.0 Å². The molecule has 45 heavy (non-hydrogen) atoms. The van der Waals surface area contributed by atoms with E-state index >= 15 is 4.39 Å². The number of rotatable bonds is 8. The Kier molecular flexibility index (Phi) is 9.89. The zero-order valence-electron chi connectivity index (χ0n) is 26.4. The molecule has 1 amide bonds. The van der Waals surface area contributed by atoms with E-state index < -0.39 is 17.3 Å². The third-order valence-electron chi connectivity index (χ3n) is 7.77. The molecule has 3 aromatic rings. The number of nitrogens with two attached hydrogens (primary N) is 1. The van der Waals surface area contributed by atoms with Gasteiger partial charge in [0, 0.05) is 42.5 Å². The molecule has 0 bridgehead atoms. The SMILES string of the molecule is C=CC(=O)N1[C@H](C)CN(c2nc(=O)n(C/C(=N\C=N/C(=N)C(C)C)C(C)C)c3nc(-c4c(N)cccc4F)c(F)cc23)C[C@@H]1C. The largest absolute Gasteiger partial charge is 0.398 e. The molecule has 3 heterocycles. The van der Waals surface area contributed by atoms with Crippen molar-refractivity contribution in [2.24, 2.45) is 21.8 Å². The summed E-state index contributed by atoms with van der Waals surface area (Å²) in [6.07, 6.45) is 2.54. The average Bonchev–Trinajstić information content (AvgIpc) is 2.97. The summed E-state index contributed by atoms with van der Waals surface area (Å²) < 4.78 is 32.1. The Morgan fingerprint density at radius 1 is 1.13 bits per heavy atom. The Morgan fingerprint density at radius 3 is 2.38 bits per heavy atom. The minimum Gasteiger partial charge on any atom is -0.398 e. The van der Waals surface area contributed by atoms with Gasteiger partial charge in [-0.05, 0) is 44.0 Å². The van der Waals surface area contributed by atoms with Gasteiger partial charge in [0.1, 0.15) is 35.2 Å². The maximum absolute atomic E-state index is 15.9. The first-order valence-electron chi connectivity index (χ1n) is 14.8. The molecule has 11 nitrogen and oxygen atoms in total. The van der Waals surface area contributed by atoms with Crippen LogP contribution in [0.3, 0.4) is 0 Å². The molecule has 3 N–H and O–H groups in total. The summed E-state index contributed by atoms with van der Waals surface area (Å²) in [6.45, 7) is 15.4. The Bertz CT molecular complexity index is 1730. The third kappa shape index (κ3) is 6.81. The quantitative estimate of drug-likeness (QED) is 0.162. The van der Waals surface area contributed by atoms with Gasteiger partial charge in [0.15, 0.2) is 5.82 Å². The van der Waals surface area contributed by atoms with Crippen LogP contribution in [0.25, 0.3) is 22.3 Å². The van der Waals surface area contributed by atoms with Crippen LogP contribution in [-0.2, 0) is 11.3 Å². The first kappa shape index (κ1) is 33.1. The maximum Gasteiger partial charge on any atom is 0.351 e. The normalized spacial score (nSPS) is 17.6. The van der Waals surface area contributed by atoms with Crippen LogP contribution in [0.2, 0.25) is 0 Å². The molecule has 0 unspecified atom stereocenters. The molecule has 0 saturated carbocycles. The molecule has 1 aromatic carbocycles. The second kappa shape index (κ2) is 13.4. The van der Waals surface area contributed by atoms with Gasteiger partial charge < -0.3 is 15.5 Å². The van der Waals surface area contributed by atoms with Gasteiger partial charge in [-0.1, -0.05) is 40.3 Å². The van der Waals surface area contributed by atoms with Gasteiger partial charge in [0.2, 0.25) is 5.91 Å². The first-order valence-corrected chi connectivity index (χ1v) is 14.8. The highest BCUT2D eigenvalue weighted by Gasteiger charge is 2.34. The first-order chi connectivity index (χ1) is 21.2. The van der Waals surface area contributed by atoms with Crippen molar-refractivity contribution in [3.8, 4) is 11.3 Å². The van der Waals surface area contributed by atoms with E-state index in [0.29, 0.717) is 18.8 Å². The fraction of sp³-hybridized carbons (Fsp3) is 0.406. The molecule has 1 saturated heterocycles. The number of benzene rings is 1. The number of halogens is 2. The van der Waals surface area contributed by atoms with Crippen molar-refractivity contribution in [3.63, 3.8) is 0 Å². The number of hydrogen-bond donors (Lipinski definition) is 2.